The molecule has 1 N–H and O–H groups in total. The quantitative estimate of drug-likeness (QED) is 0.421. The van der Waals surface area contributed by atoms with E-state index in [1.54, 1.807) is 36.0 Å². The molecule has 3 aromatic rings. The summed E-state index contributed by atoms with van der Waals surface area (Å²) in [7, 11) is 1.77. The van der Waals surface area contributed by atoms with Gasteiger partial charge in [0.25, 0.3) is 0 Å². The lowest BCUT2D eigenvalue weighted by Crippen LogP contribution is -2.14. The molecule has 0 saturated heterocycles. The third-order valence-electron chi connectivity index (χ3n) is 3.95. The summed E-state index contributed by atoms with van der Waals surface area (Å²) in [6, 6.07) is 13.2. The van der Waals surface area contributed by atoms with Gasteiger partial charge >= 0.3 is 6.18 Å². The fourth-order valence-electron chi connectivity index (χ4n) is 2.66. The number of carbonyl (C=O) groups excluding carboxylic acids is 1. The van der Waals surface area contributed by atoms with Crippen LogP contribution in [0.5, 0.6) is 0 Å². The second-order valence-corrected chi connectivity index (χ2v) is 5.76. The number of carbonyl (C=O) groups is 1. The molecule has 0 aliphatic carbocycles. The number of rotatable bonds is 4. The Morgan fingerprint density at radius 1 is 1.19 bits per heavy atom. The number of ketones is 1. The summed E-state index contributed by atoms with van der Waals surface area (Å²) in [5.74, 6) is -0.617. The van der Waals surface area contributed by atoms with Gasteiger partial charge < -0.3 is 4.57 Å². The largest absolute Gasteiger partial charge is 0.416 e. The Balaban J connectivity index is 1.91. The van der Waals surface area contributed by atoms with Crippen LogP contribution in [-0.4, -0.2) is 16.1 Å². The third kappa shape index (κ3) is 3.67. The zero-order valence-corrected chi connectivity index (χ0v) is 14.1. The highest BCUT2D eigenvalue weighted by Crippen LogP contribution is 2.30. The molecule has 27 heavy (non-hydrogen) atoms. The van der Waals surface area contributed by atoms with Gasteiger partial charge in [0.1, 0.15) is 6.07 Å². The number of aromatic nitrogens is 1. The number of nitrogens with zero attached hydrogens (tertiary/aromatic N) is 3. The lowest BCUT2D eigenvalue weighted by atomic mass is 10.1. The first-order valence-electron chi connectivity index (χ1n) is 7.81. The predicted octanol–water partition coefficient (Wildman–Crippen LogP) is 4.37. The normalized spacial score (nSPS) is 12.0. The van der Waals surface area contributed by atoms with E-state index < -0.39 is 23.2 Å². The lowest BCUT2D eigenvalue weighted by molar-refractivity contribution is -0.137. The molecular weight excluding hydrogens is 357 g/mol. The zero-order chi connectivity index (χ0) is 19.6. The van der Waals surface area contributed by atoms with E-state index in [-0.39, 0.29) is 5.69 Å². The minimum Gasteiger partial charge on any atom is -0.350 e. The molecule has 136 valence electrons. The fourth-order valence-corrected chi connectivity index (χ4v) is 2.66. The van der Waals surface area contributed by atoms with Crippen LogP contribution in [0.4, 0.5) is 18.9 Å². The van der Waals surface area contributed by atoms with Gasteiger partial charge in [-0.3, -0.25) is 10.2 Å². The molecule has 0 atom stereocenters. The summed E-state index contributed by atoms with van der Waals surface area (Å²) in [6.45, 7) is 0. The van der Waals surface area contributed by atoms with E-state index in [2.05, 4.69) is 10.5 Å². The second-order valence-electron chi connectivity index (χ2n) is 5.76. The SMILES string of the molecule is Cn1cc(C(=O)/C(C#N)=N/Nc2cccc(C(F)(F)F)c2)c2ccccc21. The highest BCUT2D eigenvalue weighted by atomic mass is 19.4. The monoisotopic (exact) mass is 370 g/mol. The van der Waals surface area contributed by atoms with E-state index in [1.165, 1.54) is 12.1 Å². The van der Waals surface area contributed by atoms with Crippen molar-refractivity contribution in [3.63, 3.8) is 0 Å². The standard InChI is InChI=1S/C19H13F3N4O/c1-26-11-15(14-7-2-3-8-17(14)26)18(27)16(10-23)25-24-13-6-4-5-12(9-13)19(20,21)22/h2-9,11,24H,1H3/b25-16+. The number of hydrogen-bond donors (Lipinski definition) is 1. The molecule has 0 bridgehead atoms. The van der Waals surface area contributed by atoms with Crippen molar-refractivity contribution in [1.82, 2.24) is 4.57 Å². The molecule has 0 saturated carbocycles. The van der Waals surface area contributed by atoms with Gasteiger partial charge in [0.2, 0.25) is 11.5 Å². The molecule has 0 radical (unpaired) electrons. The molecular formula is C19H13F3N4O. The summed E-state index contributed by atoms with van der Waals surface area (Å²) < 4.78 is 40.0. The van der Waals surface area contributed by atoms with E-state index >= 15 is 0 Å². The van der Waals surface area contributed by atoms with Gasteiger partial charge in [0, 0.05) is 24.1 Å². The molecule has 2 aromatic carbocycles. The van der Waals surface area contributed by atoms with Crippen LogP contribution in [0, 0.1) is 11.3 Å². The van der Waals surface area contributed by atoms with E-state index in [4.69, 9.17) is 0 Å². The van der Waals surface area contributed by atoms with Gasteiger partial charge in [0.05, 0.1) is 16.8 Å². The molecule has 0 aliphatic rings. The van der Waals surface area contributed by atoms with E-state index in [0.29, 0.717) is 10.9 Å². The summed E-state index contributed by atoms with van der Waals surface area (Å²) in [5, 5.41) is 13.6. The summed E-state index contributed by atoms with van der Waals surface area (Å²) in [4.78, 5) is 12.7. The van der Waals surface area contributed by atoms with Gasteiger partial charge in [-0.1, -0.05) is 24.3 Å². The number of hydrazone groups is 1. The second kappa shape index (κ2) is 6.96. The molecule has 0 fully saturated rings. The molecule has 0 amide bonds. The molecule has 3 rings (SSSR count). The first-order chi connectivity index (χ1) is 12.8. The van der Waals surface area contributed by atoms with Crippen molar-refractivity contribution in [2.45, 2.75) is 6.18 Å². The predicted molar refractivity (Wildman–Crippen MR) is 95.4 cm³/mol. The van der Waals surface area contributed by atoms with Crippen LogP contribution in [0.3, 0.4) is 0 Å². The van der Waals surface area contributed by atoms with Crippen LogP contribution in [-0.2, 0) is 13.2 Å². The van der Waals surface area contributed by atoms with Crippen molar-refractivity contribution >= 4 is 28.1 Å². The number of hydrogen-bond acceptors (Lipinski definition) is 4. The minimum absolute atomic E-state index is 0.0169. The van der Waals surface area contributed by atoms with Crippen molar-refractivity contribution in [3.8, 4) is 6.07 Å². The molecule has 5 nitrogen and oxygen atoms in total. The summed E-state index contributed by atoms with van der Waals surface area (Å²) >= 11 is 0. The van der Waals surface area contributed by atoms with Gasteiger partial charge in [-0.15, -0.1) is 0 Å². The number of benzene rings is 2. The van der Waals surface area contributed by atoms with Gasteiger partial charge in [-0.2, -0.15) is 23.5 Å². The zero-order valence-electron chi connectivity index (χ0n) is 14.1. The number of aryl methyl sites for hydroxylation is 1. The lowest BCUT2D eigenvalue weighted by Gasteiger charge is -2.08. The summed E-state index contributed by atoms with van der Waals surface area (Å²) in [6.07, 6.45) is -2.91. The smallest absolute Gasteiger partial charge is 0.350 e. The Labute approximate surface area is 152 Å². The first kappa shape index (κ1) is 18.2. The number of anilines is 1. The number of nitriles is 1. The fraction of sp³-hybridized carbons (Fsp3) is 0.105. The Bertz CT molecular complexity index is 1090. The van der Waals surface area contributed by atoms with Gasteiger partial charge in [-0.05, 0) is 24.3 Å². The van der Waals surface area contributed by atoms with Crippen molar-refractivity contribution in [3.05, 3.63) is 65.9 Å². The van der Waals surface area contributed by atoms with E-state index in [1.807, 2.05) is 12.1 Å². The van der Waals surface area contributed by atoms with Crippen LogP contribution in [0.2, 0.25) is 0 Å². The topological polar surface area (TPSA) is 70.2 Å². The Morgan fingerprint density at radius 2 is 1.93 bits per heavy atom. The number of halogens is 3. The maximum absolute atomic E-state index is 12.8. The summed E-state index contributed by atoms with van der Waals surface area (Å²) in [5.41, 5.74) is 2.15. The molecule has 1 aromatic heterocycles. The Morgan fingerprint density at radius 3 is 2.63 bits per heavy atom. The van der Waals surface area contributed by atoms with Crippen LogP contribution in [0.15, 0.2) is 59.8 Å². The number of fused-ring (bicyclic) bond motifs is 1. The maximum atomic E-state index is 12.8. The number of alkyl halides is 3. The van der Waals surface area contributed by atoms with Crippen molar-refractivity contribution in [1.29, 1.82) is 5.26 Å². The van der Waals surface area contributed by atoms with E-state index in [0.717, 1.165) is 17.6 Å². The van der Waals surface area contributed by atoms with Gasteiger partial charge in [0.15, 0.2) is 0 Å². The Kier molecular flexibility index (Phi) is 4.69. The van der Waals surface area contributed by atoms with Crippen molar-refractivity contribution in [2.75, 3.05) is 5.43 Å². The molecule has 0 spiro atoms. The van der Waals surface area contributed by atoms with Crippen LogP contribution < -0.4 is 5.43 Å². The van der Waals surface area contributed by atoms with Crippen LogP contribution in [0.25, 0.3) is 10.9 Å². The number of nitrogens with one attached hydrogen (secondary N) is 1. The van der Waals surface area contributed by atoms with Gasteiger partial charge in [-0.25, -0.2) is 0 Å². The molecule has 1 heterocycles. The first-order valence-corrected chi connectivity index (χ1v) is 7.81. The third-order valence-corrected chi connectivity index (χ3v) is 3.95. The number of Topliss-reactive ketones (excluding diaryl/α,β-unsaturated/α-hetero) is 1. The van der Waals surface area contributed by atoms with Crippen LogP contribution >= 0.6 is 0 Å². The van der Waals surface area contributed by atoms with E-state index in [9.17, 15) is 23.2 Å². The minimum atomic E-state index is -4.50. The highest BCUT2D eigenvalue weighted by Gasteiger charge is 2.30. The number of para-hydroxylation sites is 1. The van der Waals surface area contributed by atoms with Crippen molar-refractivity contribution < 1.29 is 18.0 Å². The molecule has 0 unspecified atom stereocenters. The van der Waals surface area contributed by atoms with Crippen molar-refractivity contribution in [2.24, 2.45) is 12.1 Å². The highest BCUT2D eigenvalue weighted by molar-refractivity contribution is 6.52. The molecule has 8 heteroatoms. The average molecular weight is 370 g/mol. The average Bonchev–Trinajstić information content (AvgIpc) is 2.99. The maximum Gasteiger partial charge on any atom is 0.416 e. The Hall–Kier alpha value is -3.60. The molecule has 0 aliphatic heterocycles. The van der Waals surface area contributed by atoms with Crippen LogP contribution in [0.1, 0.15) is 15.9 Å².